The van der Waals surface area contributed by atoms with Gasteiger partial charge >= 0.3 is 0 Å². The van der Waals surface area contributed by atoms with Crippen molar-refractivity contribution in [3.05, 3.63) is 59.7 Å². The van der Waals surface area contributed by atoms with Crippen molar-refractivity contribution in [1.82, 2.24) is 15.1 Å². The van der Waals surface area contributed by atoms with Gasteiger partial charge in [0.25, 0.3) is 5.91 Å². The molecule has 1 amide bonds. The first-order valence-electron chi connectivity index (χ1n) is 7.42. The molecule has 3 rings (SSSR count). The lowest BCUT2D eigenvalue weighted by atomic mass is 10.2. The predicted octanol–water partition coefficient (Wildman–Crippen LogP) is 3.10. The summed E-state index contributed by atoms with van der Waals surface area (Å²) < 4.78 is 5.01. The van der Waals surface area contributed by atoms with E-state index in [1.807, 2.05) is 30.3 Å². The quantitative estimate of drug-likeness (QED) is 0.794. The molecule has 0 bridgehead atoms. The number of hydrogen-bond donors (Lipinski definition) is 1. The van der Waals surface area contributed by atoms with Crippen LogP contribution in [0.4, 0.5) is 17.3 Å². The van der Waals surface area contributed by atoms with E-state index < -0.39 is 0 Å². The number of anilines is 3. The normalized spacial score (nSPS) is 10.5. The Morgan fingerprint density at radius 3 is 2.50 bits per heavy atom. The van der Waals surface area contributed by atoms with Gasteiger partial charge in [0.1, 0.15) is 23.1 Å². The molecule has 1 N–H and O–H groups in total. The molecule has 0 aliphatic rings. The van der Waals surface area contributed by atoms with Gasteiger partial charge in [0.15, 0.2) is 5.82 Å². The molecule has 122 valence electrons. The minimum Gasteiger partial charge on any atom is -0.360 e. The predicted molar refractivity (Wildman–Crippen MR) is 90.5 cm³/mol. The second-order valence-electron chi connectivity index (χ2n) is 5.33. The Bertz CT molecular complexity index is 860. The van der Waals surface area contributed by atoms with Gasteiger partial charge in [-0.15, -0.1) is 0 Å². The number of para-hydroxylation sites is 1. The van der Waals surface area contributed by atoms with Gasteiger partial charge < -0.3 is 14.7 Å². The van der Waals surface area contributed by atoms with Gasteiger partial charge in [-0.3, -0.25) is 4.79 Å². The molecule has 0 radical (unpaired) electrons. The monoisotopic (exact) mass is 323 g/mol. The molecule has 1 aromatic carbocycles. The third kappa shape index (κ3) is 3.40. The molecule has 0 saturated heterocycles. The third-order valence-electron chi connectivity index (χ3n) is 3.39. The van der Waals surface area contributed by atoms with E-state index in [2.05, 4.69) is 20.4 Å². The van der Waals surface area contributed by atoms with E-state index in [0.29, 0.717) is 28.9 Å². The Morgan fingerprint density at radius 2 is 1.83 bits per heavy atom. The van der Waals surface area contributed by atoms with E-state index in [9.17, 15) is 4.79 Å². The summed E-state index contributed by atoms with van der Waals surface area (Å²) in [6, 6.07) is 12.7. The zero-order valence-corrected chi connectivity index (χ0v) is 13.6. The topological polar surface area (TPSA) is 84.2 Å². The van der Waals surface area contributed by atoms with Gasteiger partial charge in [0.2, 0.25) is 0 Å². The Morgan fingerprint density at radius 1 is 1.08 bits per heavy atom. The van der Waals surface area contributed by atoms with Gasteiger partial charge in [-0.25, -0.2) is 9.97 Å². The molecular weight excluding hydrogens is 306 g/mol. The highest BCUT2D eigenvalue weighted by Gasteiger charge is 2.17. The van der Waals surface area contributed by atoms with Gasteiger partial charge in [0.05, 0.1) is 0 Å². The summed E-state index contributed by atoms with van der Waals surface area (Å²) >= 11 is 0. The number of hydrogen-bond acceptors (Lipinski definition) is 6. The molecule has 0 atom stereocenters. The van der Waals surface area contributed by atoms with Crippen LogP contribution in [0.25, 0.3) is 0 Å². The van der Waals surface area contributed by atoms with E-state index in [0.717, 1.165) is 5.69 Å². The zero-order chi connectivity index (χ0) is 17.1. The maximum Gasteiger partial charge on any atom is 0.276 e. The Hall–Kier alpha value is -3.22. The van der Waals surface area contributed by atoms with Crippen molar-refractivity contribution in [3.8, 4) is 0 Å². The van der Waals surface area contributed by atoms with Crippen LogP contribution in [0.1, 0.15) is 22.1 Å². The molecule has 0 aliphatic carbocycles. The lowest BCUT2D eigenvalue weighted by Gasteiger charge is -2.17. The van der Waals surface area contributed by atoms with Crippen molar-refractivity contribution in [2.24, 2.45) is 0 Å². The standard InChI is InChI=1S/C17H17N5O2/c1-11-9-16(21-24-11)20-15-10-14(18-12(2)19-15)17(23)22(3)13-7-5-4-6-8-13/h4-10H,1-3H3,(H,18,19,20,21). The van der Waals surface area contributed by atoms with Crippen molar-refractivity contribution >= 4 is 23.2 Å². The molecule has 0 unspecified atom stereocenters. The Labute approximate surface area is 139 Å². The van der Waals surface area contributed by atoms with Crippen LogP contribution in [-0.4, -0.2) is 28.1 Å². The van der Waals surface area contributed by atoms with Crippen LogP contribution in [0.15, 0.2) is 47.0 Å². The van der Waals surface area contributed by atoms with Crippen molar-refractivity contribution in [1.29, 1.82) is 0 Å². The highest BCUT2D eigenvalue weighted by molar-refractivity contribution is 6.04. The van der Waals surface area contributed by atoms with Gasteiger partial charge in [-0.1, -0.05) is 23.4 Å². The van der Waals surface area contributed by atoms with Crippen molar-refractivity contribution in [2.75, 3.05) is 17.3 Å². The second kappa shape index (κ2) is 6.49. The number of nitrogens with one attached hydrogen (secondary N) is 1. The Kier molecular flexibility index (Phi) is 4.24. The molecule has 0 spiro atoms. The number of rotatable bonds is 4. The third-order valence-corrected chi connectivity index (χ3v) is 3.39. The van der Waals surface area contributed by atoms with E-state index in [1.165, 1.54) is 0 Å². The summed E-state index contributed by atoms with van der Waals surface area (Å²) in [5.74, 6) is 1.97. The number of carbonyl (C=O) groups is 1. The molecular formula is C17H17N5O2. The summed E-state index contributed by atoms with van der Waals surface area (Å²) in [6.45, 7) is 3.53. The second-order valence-corrected chi connectivity index (χ2v) is 5.33. The summed E-state index contributed by atoms with van der Waals surface area (Å²) in [5.41, 5.74) is 1.09. The number of benzene rings is 1. The maximum absolute atomic E-state index is 12.7. The van der Waals surface area contributed by atoms with Crippen molar-refractivity contribution in [2.45, 2.75) is 13.8 Å². The highest BCUT2D eigenvalue weighted by atomic mass is 16.5. The highest BCUT2D eigenvalue weighted by Crippen LogP contribution is 2.18. The lowest BCUT2D eigenvalue weighted by molar-refractivity contribution is 0.0988. The van der Waals surface area contributed by atoms with Crippen LogP contribution in [0.5, 0.6) is 0 Å². The average molecular weight is 323 g/mol. The lowest BCUT2D eigenvalue weighted by Crippen LogP contribution is -2.27. The average Bonchev–Trinajstić information content (AvgIpc) is 2.98. The van der Waals surface area contributed by atoms with Gasteiger partial charge in [-0.2, -0.15) is 0 Å². The molecule has 3 aromatic rings. The summed E-state index contributed by atoms with van der Waals surface area (Å²) in [6.07, 6.45) is 0. The van der Waals surface area contributed by atoms with Crippen LogP contribution >= 0.6 is 0 Å². The van der Waals surface area contributed by atoms with Crippen LogP contribution < -0.4 is 10.2 Å². The molecule has 2 heterocycles. The summed E-state index contributed by atoms with van der Waals surface area (Å²) in [7, 11) is 1.71. The molecule has 2 aromatic heterocycles. The fourth-order valence-corrected chi connectivity index (χ4v) is 2.24. The number of aryl methyl sites for hydroxylation is 2. The van der Waals surface area contributed by atoms with Gasteiger partial charge in [-0.05, 0) is 26.0 Å². The molecule has 7 nitrogen and oxygen atoms in total. The zero-order valence-electron chi connectivity index (χ0n) is 13.6. The van der Waals surface area contributed by atoms with E-state index in [4.69, 9.17) is 4.52 Å². The van der Waals surface area contributed by atoms with E-state index >= 15 is 0 Å². The SMILES string of the molecule is Cc1nc(Nc2cc(C)on2)cc(C(=O)N(C)c2ccccc2)n1. The van der Waals surface area contributed by atoms with Crippen LogP contribution in [-0.2, 0) is 0 Å². The fourth-order valence-electron chi connectivity index (χ4n) is 2.24. The smallest absolute Gasteiger partial charge is 0.276 e. The van der Waals surface area contributed by atoms with Crippen LogP contribution in [0.2, 0.25) is 0 Å². The minimum atomic E-state index is -0.217. The van der Waals surface area contributed by atoms with Crippen molar-refractivity contribution in [3.63, 3.8) is 0 Å². The van der Waals surface area contributed by atoms with Gasteiger partial charge in [0, 0.05) is 24.9 Å². The largest absolute Gasteiger partial charge is 0.360 e. The molecule has 0 fully saturated rings. The molecule has 24 heavy (non-hydrogen) atoms. The molecule has 0 aliphatic heterocycles. The van der Waals surface area contributed by atoms with E-state index in [-0.39, 0.29) is 5.91 Å². The van der Waals surface area contributed by atoms with Crippen LogP contribution in [0.3, 0.4) is 0 Å². The first kappa shape index (κ1) is 15.7. The summed E-state index contributed by atoms with van der Waals surface area (Å²) in [5, 5.41) is 6.87. The Balaban J connectivity index is 1.86. The number of nitrogens with zero attached hydrogens (tertiary/aromatic N) is 4. The maximum atomic E-state index is 12.7. The number of amides is 1. The van der Waals surface area contributed by atoms with E-state index in [1.54, 1.807) is 37.9 Å². The summed E-state index contributed by atoms with van der Waals surface area (Å²) in [4.78, 5) is 22.7. The minimum absolute atomic E-state index is 0.217. The fraction of sp³-hybridized carbons (Fsp3) is 0.176. The first-order valence-corrected chi connectivity index (χ1v) is 7.42. The first-order chi connectivity index (χ1) is 11.5. The van der Waals surface area contributed by atoms with Crippen molar-refractivity contribution < 1.29 is 9.32 Å². The molecule has 7 heteroatoms. The van der Waals surface area contributed by atoms with Crippen LogP contribution in [0, 0.1) is 13.8 Å². The number of carbonyl (C=O) groups excluding carboxylic acids is 1. The number of aromatic nitrogens is 3. The molecule has 0 saturated carbocycles.